The van der Waals surface area contributed by atoms with E-state index in [-0.39, 0.29) is 0 Å². The van der Waals surface area contributed by atoms with E-state index in [4.69, 9.17) is 5.73 Å². The topological polar surface area (TPSA) is 72.0 Å². The molecule has 4 nitrogen and oxygen atoms in total. The van der Waals surface area contributed by atoms with Crippen LogP contribution in [-0.2, 0) is 0 Å². The summed E-state index contributed by atoms with van der Waals surface area (Å²) in [6.07, 6.45) is 2.33. The number of aromatic nitrogens is 2. The Kier molecular flexibility index (Phi) is 3.17. The highest BCUT2D eigenvalue weighted by Crippen LogP contribution is 2.28. The zero-order valence-electron chi connectivity index (χ0n) is 8.34. The molecule has 1 atom stereocenters. The van der Waals surface area contributed by atoms with Crippen LogP contribution >= 0.6 is 15.9 Å². The molecule has 2 heterocycles. The van der Waals surface area contributed by atoms with E-state index in [0.29, 0.717) is 17.1 Å². The van der Waals surface area contributed by atoms with Gasteiger partial charge in [0.2, 0.25) is 0 Å². The Morgan fingerprint density at radius 3 is 2.56 bits per heavy atom. The Labute approximate surface area is 101 Å². The van der Waals surface area contributed by atoms with Crippen LogP contribution in [-0.4, -0.2) is 15.1 Å². The average Bonchev–Trinajstić information content (AvgIpc) is 2.29. The number of nitrogens with zero attached hydrogens (tertiary/aromatic N) is 2. The molecule has 82 valence electrons. The van der Waals surface area contributed by atoms with Gasteiger partial charge >= 0.3 is 0 Å². The van der Waals surface area contributed by atoms with E-state index in [2.05, 4.69) is 25.9 Å². The quantitative estimate of drug-likeness (QED) is 0.881. The zero-order valence-corrected chi connectivity index (χ0v) is 9.92. The van der Waals surface area contributed by atoms with Crippen LogP contribution in [0.2, 0.25) is 0 Å². The smallest absolute Gasteiger partial charge is 0.129 e. The SMILES string of the molecule is Nc1ncccc1C(O)c1ncccc1Br. The highest BCUT2D eigenvalue weighted by molar-refractivity contribution is 9.10. The first kappa shape index (κ1) is 11.0. The molecule has 0 spiro atoms. The second-order valence-corrected chi connectivity index (χ2v) is 4.11. The van der Waals surface area contributed by atoms with Crippen molar-refractivity contribution < 1.29 is 5.11 Å². The molecule has 0 saturated carbocycles. The first-order valence-electron chi connectivity index (χ1n) is 4.69. The van der Waals surface area contributed by atoms with Gasteiger partial charge < -0.3 is 10.8 Å². The summed E-state index contributed by atoms with van der Waals surface area (Å²) in [4.78, 5) is 8.05. The van der Waals surface area contributed by atoms with Crippen molar-refractivity contribution in [3.63, 3.8) is 0 Å². The molecule has 16 heavy (non-hydrogen) atoms. The number of rotatable bonds is 2. The standard InChI is InChI=1S/C11H10BrN3O/c12-8-4-2-5-14-9(8)10(16)7-3-1-6-15-11(7)13/h1-6,10,16H,(H2,13,15). The molecule has 0 saturated heterocycles. The lowest BCUT2D eigenvalue weighted by molar-refractivity contribution is 0.215. The lowest BCUT2D eigenvalue weighted by Gasteiger charge is -2.13. The molecule has 0 amide bonds. The molecular weight excluding hydrogens is 270 g/mol. The second kappa shape index (κ2) is 4.59. The summed E-state index contributed by atoms with van der Waals surface area (Å²) in [5.74, 6) is 0.313. The fraction of sp³-hybridized carbons (Fsp3) is 0.0909. The van der Waals surface area contributed by atoms with Gasteiger partial charge in [-0.15, -0.1) is 0 Å². The molecule has 2 aromatic rings. The van der Waals surface area contributed by atoms with E-state index in [1.165, 1.54) is 0 Å². The van der Waals surface area contributed by atoms with Gasteiger partial charge in [-0.2, -0.15) is 0 Å². The number of pyridine rings is 2. The van der Waals surface area contributed by atoms with Gasteiger partial charge in [0, 0.05) is 22.4 Å². The monoisotopic (exact) mass is 279 g/mol. The highest BCUT2D eigenvalue weighted by atomic mass is 79.9. The zero-order chi connectivity index (χ0) is 11.5. The summed E-state index contributed by atoms with van der Waals surface area (Å²) in [5, 5.41) is 10.1. The van der Waals surface area contributed by atoms with E-state index in [9.17, 15) is 5.11 Å². The third-order valence-corrected chi connectivity index (χ3v) is 2.88. The third kappa shape index (κ3) is 2.05. The molecule has 5 heteroatoms. The van der Waals surface area contributed by atoms with E-state index in [1.807, 2.05) is 6.07 Å². The predicted molar refractivity (Wildman–Crippen MR) is 64.6 cm³/mol. The van der Waals surface area contributed by atoms with Crippen LogP contribution in [0.4, 0.5) is 5.82 Å². The van der Waals surface area contributed by atoms with Gasteiger partial charge in [0.1, 0.15) is 11.9 Å². The number of aliphatic hydroxyl groups is 1. The predicted octanol–water partition coefficient (Wildman–Crippen LogP) is 1.90. The maximum Gasteiger partial charge on any atom is 0.129 e. The van der Waals surface area contributed by atoms with Gasteiger partial charge in [-0.05, 0) is 34.1 Å². The normalized spacial score (nSPS) is 12.4. The number of halogens is 1. The van der Waals surface area contributed by atoms with Crippen molar-refractivity contribution in [3.8, 4) is 0 Å². The van der Waals surface area contributed by atoms with Crippen molar-refractivity contribution in [2.24, 2.45) is 0 Å². The summed E-state index contributed by atoms with van der Waals surface area (Å²) in [5.41, 5.74) is 6.78. The van der Waals surface area contributed by atoms with Crippen LogP contribution in [0.25, 0.3) is 0 Å². The summed E-state index contributed by atoms with van der Waals surface area (Å²) in [7, 11) is 0. The Bertz CT molecular complexity index is 459. The molecule has 0 aromatic carbocycles. The van der Waals surface area contributed by atoms with Crippen molar-refractivity contribution in [1.82, 2.24) is 9.97 Å². The molecule has 2 aromatic heterocycles. The summed E-state index contributed by atoms with van der Waals surface area (Å²) >= 11 is 3.34. The summed E-state index contributed by atoms with van der Waals surface area (Å²) in [6, 6.07) is 7.06. The minimum absolute atomic E-state index is 0.313. The molecule has 0 aliphatic rings. The molecule has 0 aliphatic carbocycles. The van der Waals surface area contributed by atoms with E-state index >= 15 is 0 Å². The average molecular weight is 280 g/mol. The third-order valence-electron chi connectivity index (χ3n) is 2.21. The van der Waals surface area contributed by atoms with Crippen LogP contribution < -0.4 is 5.73 Å². The van der Waals surface area contributed by atoms with Crippen molar-refractivity contribution in [2.75, 3.05) is 5.73 Å². The van der Waals surface area contributed by atoms with Gasteiger partial charge in [0.25, 0.3) is 0 Å². The van der Waals surface area contributed by atoms with Crippen LogP contribution in [0.15, 0.2) is 41.1 Å². The molecule has 0 bridgehead atoms. The van der Waals surface area contributed by atoms with Crippen molar-refractivity contribution in [3.05, 3.63) is 52.4 Å². The summed E-state index contributed by atoms with van der Waals surface area (Å²) in [6.45, 7) is 0. The number of anilines is 1. The number of hydrogen-bond acceptors (Lipinski definition) is 4. The first-order chi connectivity index (χ1) is 7.70. The van der Waals surface area contributed by atoms with E-state index in [0.717, 1.165) is 4.47 Å². The number of nitrogens with two attached hydrogens (primary N) is 1. The van der Waals surface area contributed by atoms with Crippen LogP contribution in [0.1, 0.15) is 17.4 Å². The Morgan fingerprint density at radius 1 is 1.19 bits per heavy atom. The lowest BCUT2D eigenvalue weighted by Crippen LogP contribution is -2.07. The Balaban J connectivity index is 2.44. The minimum atomic E-state index is -0.871. The molecule has 0 fully saturated rings. The van der Waals surface area contributed by atoms with E-state index in [1.54, 1.807) is 30.6 Å². The van der Waals surface area contributed by atoms with Crippen molar-refractivity contribution in [1.29, 1.82) is 0 Å². The minimum Gasteiger partial charge on any atom is -0.383 e. The van der Waals surface area contributed by atoms with Gasteiger partial charge in [-0.1, -0.05) is 6.07 Å². The molecule has 3 N–H and O–H groups in total. The van der Waals surface area contributed by atoms with Crippen LogP contribution in [0.3, 0.4) is 0 Å². The molecule has 1 unspecified atom stereocenters. The number of hydrogen-bond donors (Lipinski definition) is 2. The Hall–Kier alpha value is -1.46. The first-order valence-corrected chi connectivity index (χ1v) is 5.48. The molecule has 0 radical (unpaired) electrons. The number of aliphatic hydroxyl groups excluding tert-OH is 1. The second-order valence-electron chi connectivity index (χ2n) is 3.25. The maximum absolute atomic E-state index is 10.1. The fourth-order valence-electron chi connectivity index (χ4n) is 1.41. The van der Waals surface area contributed by atoms with Gasteiger partial charge in [0.15, 0.2) is 0 Å². The number of nitrogen functional groups attached to an aromatic ring is 1. The highest BCUT2D eigenvalue weighted by Gasteiger charge is 2.17. The molecule has 0 aliphatic heterocycles. The van der Waals surface area contributed by atoms with Crippen LogP contribution in [0, 0.1) is 0 Å². The van der Waals surface area contributed by atoms with E-state index < -0.39 is 6.10 Å². The molecular formula is C11H10BrN3O. The summed E-state index contributed by atoms with van der Waals surface area (Å²) < 4.78 is 0.741. The van der Waals surface area contributed by atoms with Gasteiger partial charge in [-0.3, -0.25) is 4.98 Å². The van der Waals surface area contributed by atoms with Gasteiger partial charge in [0.05, 0.1) is 5.69 Å². The molecule has 2 rings (SSSR count). The van der Waals surface area contributed by atoms with Crippen LogP contribution in [0.5, 0.6) is 0 Å². The van der Waals surface area contributed by atoms with Crippen molar-refractivity contribution in [2.45, 2.75) is 6.10 Å². The largest absolute Gasteiger partial charge is 0.383 e. The lowest BCUT2D eigenvalue weighted by atomic mass is 10.1. The van der Waals surface area contributed by atoms with Crippen molar-refractivity contribution >= 4 is 21.7 Å². The fourth-order valence-corrected chi connectivity index (χ4v) is 1.88. The maximum atomic E-state index is 10.1. The van der Waals surface area contributed by atoms with Gasteiger partial charge in [-0.25, -0.2) is 4.98 Å². The Morgan fingerprint density at radius 2 is 1.88 bits per heavy atom.